The summed E-state index contributed by atoms with van der Waals surface area (Å²) in [5.74, 6) is 0.185. The standard InChI is InChI=1S/C29H26Br2ClN3O5/c1-4-16(3)27-34-22-10-9-20(30)13-21(22)28(36)35(27)33-14-19-12-23(39-5-2)26(25(32)24(19)31)40-15-17-7-6-8-18(11-17)29(37)38/h6-14,16H,4-5,15H2,1-3H3,(H,37,38)/t16-/m0/s1. The SMILES string of the molecule is CCOc1cc(C=Nn2c([C@@H](C)CC)nc3ccc(Br)cc3c2=O)c(Br)c(Cl)c1OCc1cccc(C(=O)O)c1. The maximum Gasteiger partial charge on any atom is 0.335 e. The molecule has 0 amide bonds. The maximum absolute atomic E-state index is 13.5. The largest absolute Gasteiger partial charge is 0.490 e. The summed E-state index contributed by atoms with van der Waals surface area (Å²) >= 11 is 13.7. The average Bonchev–Trinajstić information content (AvgIpc) is 2.94. The van der Waals surface area contributed by atoms with Gasteiger partial charge in [-0.25, -0.2) is 9.78 Å². The Bertz CT molecular complexity index is 1670. The van der Waals surface area contributed by atoms with Gasteiger partial charge in [-0.2, -0.15) is 9.78 Å². The Morgan fingerprint density at radius 1 is 1.18 bits per heavy atom. The molecule has 1 atom stereocenters. The van der Waals surface area contributed by atoms with Gasteiger partial charge in [-0.15, -0.1) is 0 Å². The highest BCUT2D eigenvalue weighted by atomic mass is 79.9. The van der Waals surface area contributed by atoms with E-state index in [1.807, 2.05) is 32.9 Å². The van der Waals surface area contributed by atoms with Crippen LogP contribution in [0.1, 0.15) is 60.4 Å². The van der Waals surface area contributed by atoms with E-state index in [2.05, 4.69) is 37.0 Å². The molecule has 0 aliphatic carbocycles. The molecular formula is C29H26Br2ClN3O5. The summed E-state index contributed by atoms with van der Waals surface area (Å²) < 4.78 is 14.4. The topological polar surface area (TPSA) is 103 Å². The second-order valence-electron chi connectivity index (χ2n) is 8.95. The minimum atomic E-state index is -1.02. The van der Waals surface area contributed by atoms with Crippen LogP contribution in [-0.2, 0) is 6.61 Å². The Morgan fingerprint density at radius 3 is 2.65 bits per heavy atom. The van der Waals surface area contributed by atoms with Gasteiger partial charge in [-0.05, 0) is 71.2 Å². The lowest BCUT2D eigenvalue weighted by molar-refractivity contribution is 0.0696. The number of aromatic nitrogens is 2. The molecule has 1 N–H and O–H groups in total. The van der Waals surface area contributed by atoms with Crippen molar-refractivity contribution in [1.29, 1.82) is 0 Å². The summed E-state index contributed by atoms with van der Waals surface area (Å²) in [4.78, 5) is 29.5. The van der Waals surface area contributed by atoms with Crippen molar-refractivity contribution in [3.63, 3.8) is 0 Å². The van der Waals surface area contributed by atoms with E-state index in [0.717, 1.165) is 10.9 Å². The Labute approximate surface area is 252 Å². The predicted octanol–water partition coefficient (Wildman–Crippen LogP) is 7.65. The molecule has 0 bridgehead atoms. The molecule has 0 saturated carbocycles. The number of carboxylic acids is 1. The minimum absolute atomic E-state index is 0.0145. The lowest BCUT2D eigenvalue weighted by atomic mass is 10.1. The van der Waals surface area contributed by atoms with E-state index < -0.39 is 5.97 Å². The predicted molar refractivity (Wildman–Crippen MR) is 163 cm³/mol. The molecule has 4 rings (SSSR count). The first-order valence-corrected chi connectivity index (χ1v) is 14.5. The molecule has 0 spiro atoms. The second-order valence-corrected chi connectivity index (χ2v) is 11.0. The number of ether oxygens (including phenoxy) is 2. The second kappa shape index (κ2) is 13.0. The molecule has 3 aromatic carbocycles. The minimum Gasteiger partial charge on any atom is -0.490 e. The third-order valence-electron chi connectivity index (χ3n) is 6.21. The average molecular weight is 692 g/mol. The first-order chi connectivity index (χ1) is 19.1. The normalized spacial score (nSPS) is 12.2. The first kappa shape index (κ1) is 29.8. The Hall–Kier alpha value is -3.21. The lowest BCUT2D eigenvalue weighted by Crippen LogP contribution is -2.23. The van der Waals surface area contributed by atoms with Gasteiger partial charge in [0.05, 0.1) is 29.3 Å². The molecule has 11 heteroatoms. The van der Waals surface area contributed by atoms with Crippen LogP contribution in [0, 0.1) is 0 Å². The van der Waals surface area contributed by atoms with Crippen LogP contribution < -0.4 is 15.0 Å². The zero-order chi connectivity index (χ0) is 29.0. The molecule has 1 aromatic heterocycles. The number of hydrogen-bond donors (Lipinski definition) is 1. The van der Waals surface area contributed by atoms with Crippen molar-refractivity contribution in [1.82, 2.24) is 9.66 Å². The fourth-order valence-electron chi connectivity index (χ4n) is 3.94. The molecule has 0 aliphatic rings. The highest BCUT2D eigenvalue weighted by Crippen LogP contribution is 2.42. The van der Waals surface area contributed by atoms with Crippen LogP contribution in [0.3, 0.4) is 0 Å². The van der Waals surface area contributed by atoms with E-state index in [1.54, 1.807) is 24.3 Å². The summed E-state index contributed by atoms with van der Waals surface area (Å²) in [6.07, 6.45) is 2.30. The molecule has 0 aliphatic heterocycles. The molecule has 40 heavy (non-hydrogen) atoms. The van der Waals surface area contributed by atoms with Crippen LogP contribution in [0.4, 0.5) is 0 Å². The molecule has 8 nitrogen and oxygen atoms in total. The number of fused-ring (bicyclic) bond motifs is 1. The van der Waals surface area contributed by atoms with Crippen LogP contribution in [0.25, 0.3) is 10.9 Å². The summed E-state index contributed by atoms with van der Waals surface area (Å²) in [6, 6.07) is 13.6. The van der Waals surface area contributed by atoms with Gasteiger partial charge in [0.15, 0.2) is 11.5 Å². The summed E-state index contributed by atoms with van der Waals surface area (Å²) in [5, 5.41) is 14.5. The van der Waals surface area contributed by atoms with Gasteiger partial charge < -0.3 is 14.6 Å². The number of carboxylic acid groups (broad SMARTS) is 1. The van der Waals surface area contributed by atoms with Gasteiger partial charge >= 0.3 is 5.97 Å². The van der Waals surface area contributed by atoms with Crippen LogP contribution in [-0.4, -0.2) is 33.6 Å². The zero-order valence-corrected chi connectivity index (χ0v) is 25.9. The lowest BCUT2D eigenvalue weighted by Gasteiger charge is -2.17. The van der Waals surface area contributed by atoms with Crippen molar-refractivity contribution >= 4 is 66.5 Å². The molecule has 1 heterocycles. The summed E-state index contributed by atoms with van der Waals surface area (Å²) in [5.41, 5.74) is 1.70. The number of aromatic carboxylic acids is 1. The van der Waals surface area contributed by atoms with Crippen molar-refractivity contribution in [3.05, 3.63) is 95.4 Å². The third kappa shape index (κ3) is 6.40. The fraction of sp³-hybridized carbons (Fsp3) is 0.241. The van der Waals surface area contributed by atoms with Crippen molar-refractivity contribution in [3.8, 4) is 11.5 Å². The van der Waals surface area contributed by atoms with Crippen molar-refractivity contribution < 1.29 is 19.4 Å². The van der Waals surface area contributed by atoms with Gasteiger partial charge in [0.25, 0.3) is 5.56 Å². The van der Waals surface area contributed by atoms with E-state index in [-0.39, 0.29) is 28.7 Å². The fourth-order valence-corrected chi connectivity index (χ4v) is 4.96. The van der Waals surface area contributed by atoms with Gasteiger partial charge in [0.2, 0.25) is 0 Å². The van der Waals surface area contributed by atoms with Crippen molar-refractivity contribution in [2.75, 3.05) is 6.61 Å². The Balaban J connectivity index is 1.75. The summed E-state index contributed by atoms with van der Waals surface area (Å²) in [7, 11) is 0. The monoisotopic (exact) mass is 689 g/mol. The third-order valence-corrected chi connectivity index (χ3v) is 8.15. The van der Waals surface area contributed by atoms with E-state index in [1.165, 1.54) is 23.0 Å². The number of halogens is 3. The van der Waals surface area contributed by atoms with Crippen LogP contribution in [0.2, 0.25) is 5.02 Å². The Morgan fingerprint density at radius 2 is 1.95 bits per heavy atom. The smallest absolute Gasteiger partial charge is 0.335 e. The number of hydrogen-bond acceptors (Lipinski definition) is 6. The Kier molecular flexibility index (Phi) is 9.65. The molecule has 0 radical (unpaired) electrons. The molecule has 0 saturated heterocycles. The van der Waals surface area contributed by atoms with Gasteiger partial charge in [0.1, 0.15) is 17.5 Å². The number of rotatable bonds is 10. The quantitative estimate of drug-likeness (QED) is 0.172. The van der Waals surface area contributed by atoms with E-state index >= 15 is 0 Å². The van der Waals surface area contributed by atoms with Crippen LogP contribution >= 0.6 is 43.5 Å². The highest BCUT2D eigenvalue weighted by molar-refractivity contribution is 9.10. The van der Waals surface area contributed by atoms with Gasteiger partial charge in [-0.1, -0.05) is 53.5 Å². The van der Waals surface area contributed by atoms with Crippen LogP contribution in [0.5, 0.6) is 11.5 Å². The molecule has 0 unspecified atom stereocenters. The van der Waals surface area contributed by atoms with Gasteiger partial charge in [0, 0.05) is 20.4 Å². The van der Waals surface area contributed by atoms with Crippen molar-refractivity contribution in [2.45, 2.75) is 39.7 Å². The number of nitrogens with zero attached hydrogens (tertiary/aromatic N) is 3. The highest BCUT2D eigenvalue weighted by Gasteiger charge is 2.19. The van der Waals surface area contributed by atoms with Crippen LogP contribution in [0.15, 0.2) is 67.4 Å². The van der Waals surface area contributed by atoms with E-state index in [4.69, 9.17) is 26.1 Å². The van der Waals surface area contributed by atoms with Gasteiger partial charge in [-0.3, -0.25) is 4.79 Å². The first-order valence-electron chi connectivity index (χ1n) is 12.5. The zero-order valence-electron chi connectivity index (χ0n) is 22.0. The maximum atomic E-state index is 13.5. The number of carbonyl (C=O) groups is 1. The summed E-state index contributed by atoms with van der Waals surface area (Å²) in [6.45, 7) is 6.28. The molecule has 4 aromatic rings. The molecular weight excluding hydrogens is 666 g/mol. The molecule has 208 valence electrons. The molecule has 0 fully saturated rings. The van der Waals surface area contributed by atoms with Crippen molar-refractivity contribution in [2.24, 2.45) is 5.10 Å². The number of benzene rings is 3. The van der Waals surface area contributed by atoms with E-state index in [9.17, 15) is 14.7 Å². The van der Waals surface area contributed by atoms with E-state index in [0.29, 0.717) is 50.4 Å².